The maximum Gasteiger partial charge on any atom is 0.225 e. The Morgan fingerprint density at radius 3 is 2.52 bits per heavy atom. The molecule has 0 aliphatic heterocycles. The van der Waals surface area contributed by atoms with Crippen molar-refractivity contribution in [2.45, 2.75) is 51.9 Å². The molecule has 122 valence electrons. The topological polar surface area (TPSA) is 33.2 Å². The Balaban J connectivity index is 1.77. The average molecular weight is 328 g/mol. The van der Waals surface area contributed by atoms with E-state index < -0.39 is 0 Å². The van der Waals surface area contributed by atoms with Gasteiger partial charge in [-0.25, -0.2) is 4.98 Å². The predicted octanol–water partition coefficient (Wildman–Crippen LogP) is 5.23. The van der Waals surface area contributed by atoms with Gasteiger partial charge in [0.05, 0.1) is 5.69 Å². The molecule has 1 heterocycles. The van der Waals surface area contributed by atoms with Crippen LogP contribution in [-0.4, -0.2) is 17.4 Å². The summed E-state index contributed by atoms with van der Waals surface area (Å²) in [6.45, 7) is 4.22. The smallest absolute Gasteiger partial charge is 0.225 e. The summed E-state index contributed by atoms with van der Waals surface area (Å²) in [6, 6.07) is 8.86. The van der Waals surface area contributed by atoms with Gasteiger partial charge in [0.25, 0.3) is 0 Å². The van der Waals surface area contributed by atoms with E-state index in [2.05, 4.69) is 29.2 Å². The number of nitrogens with zero attached hydrogens (tertiary/aromatic N) is 2. The molecule has 0 saturated heterocycles. The van der Waals surface area contributed by atoms with Gasteiger partial charge in [-0.1, -0.05) is 43.5 Å². The molecule has 1 fully saturated rings. The first kappa shape index (κ1) is 16.2. The van der Waals surface area contributed by atoms with Crippen molar-refractivity contribution in [2.24, 2.45) is 0 Å². The molecule has 1 saturated carbocycles. The van der Waals surface area contributed by atoms with Gasteiger partial charge in [0.15, 0.2) is 5.13 Å². The monoisotopic (exact) mass is 328 g/mol. The first-order chi connectivity index (χ1) is 11.2. The molecule has 1 aromatic carbocycles. The minimum absolute atomic E-state index is 0.0426. The van der Waals surface area contributed by atoms with Gasteiger partial charge in [-0.2, -0.15) is 0 Å². The third-order valence-corrected chi connectivity index (χ3v) is 5.57. The number of amides is 1. The maximum atomic E-state index is 11.6. The van der Waals surface area contributed by atoms with Gasteiger partial charge in [-0.05, 0) is 31.2 Å². The van der Waals surface area contributed by atoms with Gasteiger partial charge in [0.2, 0.25) is 5.91 Å². The van der Waals surface area contributed by atoms with Crippen molar-refractivity contribution in [2.75, 3.05) is 11.4 Å². The number of anilines is 1. The van der Waals surface area contributed by atoms with Crippen LogP contribution in [-0.2, 0) is 4.79 Å². The molecule has 4 heteroatoms. The van der Waals surface area contributed by atoms with Crippen LogP contribution in [0.5, 0.6) is 0 Å². The number of hydrogen-bond acceptors (Lipinski definition) is 3. The third kappa shape index (κ3) is 3.63. The van der Waals surface area contributed by atoms with Crippen molar-refractivity contribution in [1.82, 2.24) is 4.98 Å². The number of carbonyl (C=O) groups is 1. The highest BCUT2D eigenvalue weighted by molar-refractivity contribution is 7.14. The van der Waals surface area contributed by atoms with E-state index in [0.29, 0.717) is 6.54 Å². The summed E-state index contributed by atoms with van der Waals surface area (Å²) >= 11 is 1.53. The molecule has 23 heavy (non-hydrogen) atoms. The number of hydrogen-bond donors (Lipinski definition) is 0. The molecule has 1 aliphatic rings. The molecule has 0 radical (unpaired) electrons. The average Bonchev–Trinajstić information content (AvgIpc) is 3.06. The van der Waals surface area contributed by atoms with E-state index in [4.69, 9.17) is 0 Å². The fraction of sp³-hybridized carbons (Fsp3) is 0.474. The summed E-state index contributed by atoms with van der Waals surface area (Å²) < 4.78 is 0. The van der Waals surface area contributed by atoms with Gasteiger partial charge in [-0.3, -0.25) is 9.69 Å². The molecule has 2 aromatic rings. The summed E-state index contributed by atoms with van der Waals surface area (Å²) in [4.78, 5) is 18.0. The highest BCUT2D eigenvalue weighted by Gasteiger charge is 2.16. The minimum Gasteiger partial charge on any atom is -0.289 e. The maximum absolute atomic E-state index is 11.6. The number of benzene rings is 1. The molecular weight excluding hydrogens is 304 g/mol. The van der Waals surface area contributed by atoms with Gasteiger partial charge in [0.1, 0.15) is 0 Å². The van der Waals surface area contributed by atoms with Crippen LogP contribution in [0, 0.1) is 0 Å². The summed E-state index contributed by atoms with van der Waals surface area (Å²) in [5, 5.41) is 2.82. The van der Waals surface area contributed by atoms with Crippen molar-refractivity contribution in [3.8, 4) is 11.3 Å². The van der Waals surface area contributed by atoms with Gasteiger partial charge in [0, 0.05) is 24.4 Å². The van der Waals surface area contributed by atoms with Crippen LogP contribution in [0.4, 0.5) is 5.13 Å². The van der Waals surface area contributed by atoms with E-state index in [1.54, 1.807) is 11.8 Å². The lowest BCUT2D eigenvalue weighted by atomic mass is 9.84. The van der Waals surface area contributed by atoms with Crippen molar-refractivity contribution in [3.05, 3.63) is 35.2 Å². The lowest BCUT2D eigenvalue weighted by Gasteiger charge is -2.22. The predicted molar refractivity (Wildman–Crippen MR) is 97.1 cm³/mol. The van der Waals surface area contributed by atoms with Crippen molar-refractivity contribution in [1.29, 1.82) is 0 Å². The Morgan fingerprint density at radius 2 is 1.91 bits per heavy atom. The van der Waals surface area contributed by atoms with Crippen molar-refractivity contribution >= 4 is 22.4 Å². The first-order valence-electron chi connectivity index (χ1n) is 8.53. The van der Waals surface area contributed by atoms with Crippen LogP contribution in [0.1, 0.15) is 57.4 Å². The fourth-order valence-corrected chi connectivity index (χ4v) is 4.32. The van der Waals surface area contributed by atoms with Gasteiger partial charge >= 0.3 is 0 Å². The summed E-state index contributed by atoms with van der Waals surface area (Å²) in [5.41, 5.74) is 3.55. The quantitative estimate of drug-likeness (QED) is 0.770. The molecule has 0 N–H and O–H groups in total. The second kappa shape index (κ2) is 7.26. The number of thiazole rings is 1. The zero-order valence-electron chi connectivity index (χ0n) is 13.9. The van der Waals surface area contributed by atoms with Crippen LogP contribution in [0.3, 0.4) is 0 Å². The molecule has 0 bridgehead atoms. The third-order valence-electron chi connectivity index (χ3n) is 4.70. The van der Waals surface area contributed by atoms with Crippen LogP contribution < -0.4 is 4.90 Å². The second-order valence-corrected chi connectivity index (χ2v) is 7.07. The van der Waals surface area contributed by atoms with Crippen molar-refractivity contribution in [3.63, 3.8) is 0 Å². The zero-order chi connectivity index (χ0) is 16.2. The van der Waals surface area contributed by atoms with Crippen LogP contribution in [0.2, 0.25) is 0 Å². The van der Waals surface area contributed by atoms with E-state index in [1.807, 2.05) is 12.3 Å². The highest BCUT2D eigenvalue weighted by Crippen LogP contribution is 2.34. The van der Waals surface area contributed by atoms with E-state index in [0.717, 1.165) is 22.3 Å². The minimum atomic E-state index is 0.0426. The Labute approximate surface area is 142 Å². The van der Waals surface area contributed by atoms with E-state index in [-0.39, 0.29) is 5.91 Å². The molecule has 3 nitrogen and oxygen atoms in total. The van der Waals surface area contributed by atoms with Gasteiger partial charge in [-0.15, -0.1) is 11.3 Å². The highest BCUT2D eigenvalue weighted by atomic mass is 32.1. The standard InChI is InChI=1S/C19H24N2OS/c1-3-21(14(2)22)19-20-18(13-23-19)17-11-9-16(10-12-17)15-7-5-4-6-8-15/h9-13,15H,3-8H2,1-2H3. The van der Waals surface area contributed by atoms with Gasteiger partial charge < -0.3 is 0 Å². The fourth-order valence-electron chi connectivity index (χ4n) is 3.38. The molecule has 0 unspecified atom stereocenters. The van der Waals surface area contributed by atoms with E-state index >= 15 is 0 Å². The number of rotatable bonds is 4. The summed E-state index contributed by atoms with van der Waals surface area (Å²) in [5.74, 6) is 0.776. The number of aromatic nitrogens is 1. The Kier molecular flexibility index (Phi) is 5.11. The molecule has 0 spiro atoms. The lowest BCUT2D eigenvalue weighted by molar-refractivity contribution is -0.116. The molecule has 1 aromatic heterocycles. The Bertz CT molecular complexity index is 656. The SMILES string of the molecule is CCN(C(C)=O)c1nc(-c2ccc(C3CCCCC3)cc2)cs1. The van der Waals surface area contributed by atoms with E-state index in [1.165, 1.54) is 49.0 Å². The van der Waals surface area contributed by atoms with Crippen molar-refractivity contribution < 1.29 is 4.79 Å². The molecule has 1 amide bonds. The molecule has 3 rings (SSSR count). The second-order valence-electron chi connectivity index (χ2n) is 6.24. The van der Waals surface area contributed by atoms with Crippen LogP contribution in [0.25, 0.3) is 11.3 Å². The van der Waals surface area contributed by atoms with Crippen LogP contribution in [0.15, 0.2) is 29.6 Å². The lowest BCUT2D eigenvalue weighted by Crippen LogP contribution is -2.27. The zero-order valence-corrected chi connectivity index (χ0v) is 14.7. The molecule has 0 atom stereocenters. The summed E-state index contributed by atoms with van der Waals surface area (Å²) in [7, 11) is 0. The Morgan fingerprint density at radius 1 is 1.22 bits per heavy atom. The molecular formula is C19H24N2OS. The molecule has 1 aliphatic carbocycles. The Hall–Kier alpha value is -1.68. The van der Waals surface area contributed by atoms with E-state index in [9.17, 15) is 4.79 Å². The normalized spacial score (nSPS) is 15.6. The summed E-state index contributed by atoms with van der Waals surface area (Å²) in [6.07, 6.45) is 6.76. The first-order valence-corrected chi connectivity index (χ1v) is 9.41. The largest absolute Gasteiger partial charge is 0.289 e. The van der Waals surface area contributed by atoms with Crippen LogP contribution >= 0.6 is 11.3 Å². The number of carbonyl (C=O) groups excluding carboxylic acids is 1.